The molecular formula is C39H57ClN6O2. The number of aliphatic imine (C=N–C) groups is 1. The normalized spacial score (nSPS) is 18.1. The Morgan fingerprint density at radius 2 is 1.85 bits per heavy atom. The van der Waals surface area contributed by atoms with Crippen molar-refractivity contribution in [3.05, 3.63) is 64.1 Å². The van der Waals surface area contributed by atoms with Gasteiger partial charge in [-0.15, -0.1) is 0 Å². The maximum Gasteiger partial charge on any atom is 0.207 e. The van der Waals surface area contributed by atoms with Crippen LogP contribution in [0.25, 0.3) is 11.1 Å². The Morgan fingerprint density at radius 1 is 1.06 bits per heavy atom. The number of rotatable bonds is 8. The Balaban J connectivity index is 0.000000189. The minimum Gasteiger partial charge on any atom is -0.493 e. The fourth-order valence-electron chi connectivity index (χ4n) is 5.81. The second-order valence-corrected chi connectivity index (χ2v) is 13.5. The van der Waals surface area contributed by atoms with Gasteiger partial charge in [0.15, 0.2) is 5.82 Å². The van der Waals surface area contributed by atoms with Crippen molar-refractivity contribution in [3.8, 4) is 16.9 Å². The van der Waals surface area contributed by atoms with E-state index in [1.807, 2.05) is 19.2 Å². The number of aryl methyl sites for hydroxylation is 2. The van der Waals surface area contributed by atoms with Gasteiger partial charge in [-0.1, -0.05) is 57.7 Å². The van der Waals surface area contributed by atoms with E-state index in [1.54, 1.807) is 0 Å². The van der Waals surface area contributed by atoms with E-state index in [0.29, 0.717) is 23.6 Å². The number of halogens is 1. The molecule has 0 spiro atoms. The van der Waals surface area contributed by atoms with Crippen LogP contribution < -0.4 is 21.5 Å². The number of anilines is 1. The first-order chi connectivity index (χ1) is 23.2. The molecule has 5 N–H and O–H groups in total. The minimum atomic E-state index is 0.449. The van der Waals surface area contributed by atoms with Gasteiger partial charge in [-0.3, -0.25) is 9.79 Å². The summed E-state index contributed by atoms with van der Waals surface area (Å²) in [5, 5.41) is 3.45. The highest BCUT2D eigenvalue weighted by Crippen LogP contribution is 2.35. The number of aromatic nitrogens is 2. The molecule has 262 valence electrons. The number of amides is 1. The van der Waals surface area contributed by atoms with E-state index < -0.39 is 0 Å². The summed E-state index contributed by atoms with van der Waals surface area (Å²) in [6.45, 7) is 11.5. The minimum absolute atomic E-state index is 0.449. The van der Waals surface area contributed by atoms with Crippen LogP contribution in [0.5, 0.6) is 5.75 Å². The Labute approximate surface area is 293 Å². The third-order valence-electron chi connectivity index (χ3n) is 8.92. The van der Waals surface area contributed by atoms with E-state index in [9.17, 15) is 4.79 Å². The quantitative estimate of drug-likeness (QED) is 0.0946. The van der Waals surface area contributed by atoms with E-state index >= 15 is 0 Å². The van der Waals surface area contributed by atoms with Crippen LogP contribution in [0.15, 0.2) is 41.7 Å². The van der Waals surface area contributed by atoms with Gasteiger partial charge in [0.05, 0.1) is 12.3 Å². The third kappa shape index (κ3) is 13.2. The van der Waals surface area contributed by atoms with Gasteiger partial charge in [-0.25, -0.2) is 9.97 Å². The third-order valence-corrected chi connectivity index (χ3v) is 9.13. The standard InChI is InChI=1S/C17H17ClO.C10H16N4.C8H17N.C4H7NO/c1-3-15-11(2)8-14(18)10-16(15)12-4-5-17-13(9-12)6-7-19-17;1-3-4-5-6-12-9-8(2)13-7-14-10(9)11;1-7-3-2-4-8(9)6-5-7;6-3-5-4-1-2-4/h4-5,8-10H,3,6-7H2,1-2H3;6-7H,3-5H2,1-2H3,(H2,11,13,14);7-8H,2-6,9H2,1H3;3-4H,1-2H2,(H,5,6). The fraction of sp³-hybridized carbons (Fsp3) is 0.538. The molecule has 2 unspecified atom stereocenters. The van der Waals surface area contributed by atoms with Crippen molar-refractivity contribution < 1.29 is 9.53 Å². The lowest BCUT2D eigenvalue weighted by atomic mass is 9.93. The molecule has 2 atom stereocenters. The summed E-state index contributed by atoms with van der Waals surface area (Å²) >= 11 is 6.22. The smallest absolute Gasteiger partial charge is 0.207 e. The number of carbonyl (C=O) groups excluding carboxylic acids is 1. The van der Waals surface area contributed by atoms with Crippen molar-refractivity contribution in [1.29, 1.82) is 0 Å². The summed E-state index contributed by atoms with van der Waals surface area (Å²) in [5.41, 5.74) is 19.4. The summed E-state index contributed by atoms with van der Waals surface area (Å²) in [6.07, 6.45) is 18.4. The number of nitrogen functional groups attached to an aromatic ring is 1. The number of unbranched alkanes of at least 4 members (excludes halogenated alkanes) is 2. The van der Waals surface area contributed by atoms with Crippen LogP contribution in [-0.4, -0.2) is 41.3 Å². The lowest BCUT2D eigenvalue weighted by Crippen LogP contribution is -2.17. The van der Waals surface area contributed by atoms with Crippen molar-refractivity contribution in [3.63, 3.8) is 0 Å². The average molecular weight is 677 g/mol. The number of benzene rings is 2. The first kappa shape index (κ1) is 39.0. The predicted octanol–water partition coefficient (Wildman–Crippen LogP) is 8.88. The molecule has 2 aromatic carbocycles. The number of hydrogen-bond acceptors (Lipinski definition) is 7. The lowest BCUT2D eigenvalue weighted by molar-refractivity contribution is -0.109. The number of nitrogens with two attached hydrogens (primary N) is 2. The molecule has 1 amide bonds. The molecule has 9 heteroatoms. The molecule has 48 heavy (non-hydrogen) atoms. The van der Waals surface area contributed by atoms with Crippen LogP contribution in [-0.2, 0) is 17.6 Å². The number of fused-ring (bicyclic) bond motifs is 1. The predicted molar refractivity (Wildman–Crippen MR) is 202 cm³/mol. The van der Waals surface area contributed by atoms with Crippen LogP contribution >= 0.6 is 11.6 Å². The number of ether oxygens (including phenoxy) is 1. The van der Waals surface area contributed by atoms with Gasteiger partial charge in [0.1, 0.15) is 17.8 Å². The Hall–Kier alpha value is -3.49. The van der Waals surface area contributed by atoms with Crippen molar-refractivity contribution in [2.45, 2.75) is 124 Å². The van der Waals surface area contributed by atoms with Crippen LogP contribution in [0, 0.1) is 19.8 Å². The zero-order valence-corrected chi connectivity index (χ0v) is 30.5. The van der Waals surface area contributed by atoms with Gasteiger partial charge in [-0.2, -0.15) is 0 Å². The topological polar surface area (TPSA) is 129 Å². The maximum atomic E-state index is 9.54. The van der Waals surface area contributed by atoms with Crippen LogP contribution in [0.1, 0.15) is 107 Å². The van der Waals surface area contributed by atoms with Gasteiger partial charge in [-0.05, 0) is 123 Å². The van der Waals surface area contributed by atoms with E-state index in [0.717, 1.165) is 61.1 Å². The molecule has 2 aliphatic carbocycles. The van der Waals surface area contributed by atoms with Crippen LogP contribution in [0.4, 0.5) is 11.5 Å². The van der Waals surface area contributed by atoms with E-state index in [1.165, 1.54) is 85.5 Å². The van der Waals surface area contributed by atoms with Crippen molar-refractivity contribution in [1.82, 2.24) is 15.3 Å². The highest BCUT2D eigenvalue weighted by atomic mass is 35.5. The van der Waals surface area contributed by atoms with Gasteiger partial charge >= 0.3 is 0 Å². The molecule has 2 heterocycles. The lowest BCUT2D eigenvalue weighted by Gasteiger charge is -2.13. The summed E-state index contributed by atoms with van der Waals surface area (Å²) < 4.78 is 5.57. The number of nitrogens with zero attached hydrogens (tertiary/aromatic N) is 3. The fourth-order valence-corrected chi connectivity index (χ4v) is 6.08. The van der Waals surface area contributed by atoms with Crippen molar-refractivity contribution >= 4 is 35.7 Å². The maximum absolute atomic E-state index is 9.54. The van der Waals surface area contributed by atoms with E-state index in [4.69, 9.17) is 27.8 Å². The summed E-state index contributed by atoms with van der Waals surface area (Å²) in [6, 6.07) is 11.6. The van der Waals surface area contributed by atoms with Crippen molar-refractivity contribution in [2.75, 3.05) is 12.3 Å². The summed E-state index contributed by atoms with van der Waals surface area (Å²) in [7, 11) is 0. The summed E-state index contributed by atoms with van der Waals surface area (Å²) in [4.78, 5) is 21.7. The van der Waals surface area contributed by atoms with E-state index in [2.05, 4.69) is 72.2 Å². The Bertz CT molecular complexity index is 1430. The molecule has 3 aromatic rings. The summed E-state index contributed by atoms with van der Waals surface area (Å²) in [5.74, 6) is 2.41. The Kier molecular flexibility index (Phi) is 16.9. The highest BCUT2D eigenvalue weighted by Gasteiger charge is 2.19. The molecule has 0 radical (unpaired) electrons. The van der Waals surface area contributed by atoms with Gasteiger partial charge in [0.2, 0.25) is 6.41 Å². The molecule has 1 aromatic heterocycles. The molecule has 0 bridgehead atoms. The number of carbonyl (C=O) groups is 1. The first-order valence-electron chi connectivity index (χ1n) is 17.8. The van der Waals surface area contributed by atoms with Gasteiger partial charge in [0, 0.05) is 29.7 Å². The van der Waals surface area contributed by atoms with Crippen molar-refractivity contribution in [2.24, 2.45) is 16.6 Å². The second kappa shape index (κ2) is 20.8. The van der Waals surface area contributed by atoms with E-state index in [-0.39, 0.29) is 0 Å². The molecular weight excluding hydrogens is 620 g/mol. The molecule has 6 rings (SSSR count). The molecule has 2 saturated carbocycles. The molecule has 0 saturated heterocycles. The number of hydrogen-bond donors (Lipinski definition) is 3. The molecule has 3 aliphatic rings. The first-order valence-corrected chi connectivity index (χ1v) is 18.1. The largest absolute Gasteiger partial charge is 0.493 e. The zero-order valence-electron chi connectivity index (χ0n) is 29.7. The highest BCUT2D eigenvalue weighted by molar-refractivity contribution is 6.31. The Morgan fingerprint density at radius 3 is 2.52 bits per heavy atom. The van der Waals surface area contributed by atoms with Crippen LogP contribution in [0.3, 0.4) is 0 Å². The monoisotopic (exact) mass is 676 g/mol. The van der Waals surface area contributed by atoms with Gasteiger partial charge < -0.3 is 21.5 Å². The average Bonchev–Trinajstić information content (AvgIpc) is 3.80. The zero-order chi connectivity index (χ0) is 34.9. The van der Waals surface area contributed by atoms with Gasteiger partial charge in [0.25, 0.3) is 0 Å². The second-order valence-electron chi connectivity index (χ2n) is 13.1. The van der Waals surface area contributed by atoms with Crippen LogP contribution in [0.2, 0.25) is 5.02 Å². The number of nitrogens with one attached hydrogen (secondary N) is 1. The molecule has 8 nitrogen and oxygen atoms in total. The molecule has 2 fully saturated rings. The molecule has 1 aliphatic heterocycles. The SMILES string of the molecule is CC1CCCC(N)CC1.CCCCC=Nc1c(C)ncnc1N.CCc1c(C)cc(Cl)cc1-c1ccc2c(c1)CCO2.O=CNC1CC1.